The number of fused-ring (bicyclic) bond motifs is 1. The summed E-state index contributed by atoms with van der Waals surface area (Å²) < 4.78 is 5.63. The molecule has 5 nitrogen and oxygen atoms in total. The second-order valence-electron chi connectivity index (χ2n) is 4.32. The predicted molar refractivity (Wildman–Crippen MR) is 76.5 cm³/mol. The molecular weight excluding hydrogens is 300 g/mol. The van der Waals surface area contributed by atoms with Gasteiger partial charge in [0.15, 0.2) is 0 Å². The molecule has 7 heteroatoms. The Kier molecular flexibility index (Phi) is 3.60. The largest absolute Gasteiger partial charge is 0.431 e. The first kappa shape index (κ1) is 13.4. The third kappa shape index (κ3) is 2.63. The molecule has 1 amide bonds. The summed E-state index contributed by atoms with van der Waals surface area (Å²) in [5, 5.41) is 12.5. The fourth-order valence-corrected chi connectivity index (χ4v) is 2.96. The van der Waals surface area contributed by atoms with Crippen molar-refractivity contribution < 1.29 is 14.6 Å². The zero-order valence-electron chi connectivity index (χ0n) is 10.4. The molecule has 0 atom stereocenters. The Morgan fingerprint density at radius 3 is 3.05 bits per heavy atom. The Bertz CT molecular complexity index is 672. The van der Waals surface area contributed by atoms with E-state index in [0.717, 1.165) is 11.3 Å². The molecule has 0 fully saturated rings. The van der Waals surface area contributed by atoms with Crippen LogP contribution < -0.4 is 10.1 Å². The predicted octanol–water partition coefficient (Wildman–Crippen LogP) is 2.97. The lowest BCUT2D eigenvalue weighted by molar-refractivity contribution is -0.116. The third-order valence-corrected chi connectivity index (χ3v) is 4.29. The number of amides is 1. The minimum atomic E-state index is -0.157. The molecule has 1 aliphatic heterocycles. The van der Waals surface area contributed by atoms with Crippen molar-refractivity contribution in [1.29, 1.82) is 0 Å². The Morgan fingerprint density at radius 1 is 1.45 bits per heavy atom. The van der Waals surface area contributed by atoms with Gasteiger partial charge in [0.05, 0.1) is 11.5 Å². The number of ether oxygens (including phenoxy) is 1. The maximum atomic E-state index is 11.3. The van der Waals surface area contributed by atoms with Gasteiger partial charge in [0.25, 0.3) is 5.19 Å². The fourth-order valence-electron chi connectivity index (χ4n) is 1.98. The second-order valence-corrected chi connectivity index (χ2v) is 5.73. The maximum Gasteiger partial charge on any atom is 0.280 e. The quantitative estimate of drug-likeness (QED) is 0.914. The van der Waals surface area contributed by atoms with Gasteiger partial charge in [0.2, 0.25) is 5.91 Å². The topological polar surface area (TPSA) is 71.5 Å². The molecule has 0 aliphatic carbocycles. The van der Waals surface area contributed by atoms with E-state index in [1.165, 1.54) is 11.3 Å². The number of rotatable bonds is 3. The first-order valence-electron chi connectivity index (χ1n) is 6.02. The Labute approximate surface area is 124 Å². The van der Waals surface area contributed by atoms with Crippen LogP contribution in [0.25, 0.3) is 0 Å². The molecule has 3 rings (SSSR count). The van der Waals surface area contributed by atoms with Crippen LogP contribution in [0.5, 0.6) is 10.9 Å². The van der Waals surface area contributed by atoms with E-state index in [4.69, 9.17) is 21.4 Å². The van der Waals surface area contributed by atoms with Crippen LogP contribution in [0.4, 0.5) is 5.69 Å². The molecule has 0 saturated heterocycles. The first-order chi connectivity index (χ1) is 9.65. The minimum Gasteiger partial charge on any atom is -0.431 e. The lowest BCUT2D eigenvalue weighted by Gasteiger charge is -2.17. The van der Waals surface area contributed by atoms with Gasteiger partial charge in [-0.25, -0.2) is 0 Å². The Hall–Kier alpha value is -1.63. The number of carbonyl (C=O) groups excluding carboxylic acids is 1. The highest BCUT2D eigenvalue weighted by Crippen LogP contribution is 2.34. The fraction of sp³-hybridized carbons (Fsp3) is 0.231. The van der Waals surface area contributed by atoms with Crippen molar-refractivity contribution in [1.82, 2.24) is 4.98 Å². The van der Waals surface area contributed by atoms with Crippen molar-refractivity contribution in [3.63, 3.8) is 0 Å². The molecule has 2 aromatic rings. The first-order valence-corrected chi connectivity index (χ1v) is 7.22. The molecule has 1 aromatic heterocycles. The van der Waals surface area contributed by atoms with Gasteiger partial charge >= 0.3 is 0 Å². The van der Waals surface area contributed by atoms with Crippen LogP contribution >= 0.6 is 22.9 Å². The summed E-state index contributed by atoms with van der Waals surface area (Å²) >= 11 is 7.06. The summed E-state index contributed by atoms with van der Waals surface area (Å²) in [6, 6.07) is 5.45. The average molecular weight is 311 g/mol. The molecule has 0 unspecified atom stereocenters. The van der Waals surface area contributed by atoms with Gasteiger partial charge in [-0.1, -0.05) is 22.9 Å². The normalized spacial score (nSPS) is 13.8. The number of aliphatic hydroxyl groups excluding tert-OH is 1. The number of hydrogen-bond donors (Lipinski definition) is 2. The number of halogens is 1. The highest BCUT2D eigenvalue weighted by Gasteiger charge is 2.16. The van der Waals surface area contributed by atoms with Crippen molar-refractivity contribution >= 4 is 34.5 Å². The number of aryl methyl sites for hydroxylation is 1. The van der Waals surface area contributed by atoms with Gasteiger partial charge in [-0.3, -0.25) is 4.79 Å². The molecule has 1 aliphatic rings. The van der Waals surface area contributed by atoms with E-state index in [1.54, 1.807) is 6.07 Å². The number of nitrogens with one attached hydrogen (secondary N) is 1. The van der Waals surface area contributed by atoms with Gasteiger partial charge in [0.1, 0.15) is 10.9 Å². The van der Waals surface area contributed by atoms with E-state index in [0.29, 0.717) is 28.7 Å². The van der Waals surface area contributed by atoms with Crippen molar-refractivity contribution in [3.8, 4) is 10.9 Å². The van der Waals surface area contributed by atoms with Crippen LogP contribution in [-0.2, 0) is 17.8 Å². The van der Waals surface area contributed by atoms with Gasteiger partial charge in [-0.2, -0.15) is 4.98 Å². The monoisotopic (exact) mass is 310 g/mol. The third-order valence-electron chi connectivity index (χ3n) is 2.95. The Balaban J connectivity index is 1.82. The standard InChI is InChI=1S/C13H11ClN2O3S/c14-12-10(6-17)20-13(16-12)19-8-2-3-9-7(5-8)1-4-11(18)15-9/h2-3,5,17H,1,4,6H2,(H,15,18). The van der Waals surface area contributed by atoms with Crippen molar-refractivity contribution in [2.75, 3.05) is 5.32 Å². The summed E-state index contributed by atoms with van der Waals surface area (Å²) in [5.74, 6) is 0.667. The Morgan fingerprint density at radius 2 is 2.30 bits per heavy atom. The van der Waals surface area contributed by atoms with E-state index in [2.05, 4.69) is 10.3 Å². The summed E-state index contributed by atoms with van der Waals surface area (Å²) in [4.78, 5) is 15.9. The zero-order valence-corrected chi connectivity index (χ0v) is 11.9. The molecule has 0 spiro atoms. The van der Waals surface area contributed by atoms with Gasteiger partial charge in [0, 0.05) is 12.1 Å². The molecular formula is C13H11ClN2O3S. The molecule has 104 valence electrons. The second kappa shape index (κ2) is 5.40. The molecule has 0 saturated carbocycles. The van der Waals surface area contributed by atoms with E-state index >= 15 is 0 Å². The SMILES string of the molecule is O=C1CCc2cc(Oc3nc(Cl)c(CO)s3)ccc2N1. The summed E-state index contributed by atoms with van der Waals surface area (Å²) in [7, 11) is 0. The molecule has 2 N–H and O–H groups in total. The molecule has 2 heterocycles. The van der Waals surface area contributed by atoms with Crippen LogP contribution in [0.2, 0.25) is 5.15 Å². The van der Waals surface area contributed by atoms with Crippen LogP contribution in [0, 0.1) is 0 Å². The van der Waals surface area contributed by atoms with Crippen LogP contribution in [-0.4, -0.2) is 16.0 Å². The lowest BCUT2D eigenvalue weighted by atomic mass is 10.0. The van der Waals surface area contributed by atoms with Gasteiger partial charge in [-0.15, -0.1) is 0 Å². The summed E-state index contributed by atoms with van der Waals surface area (Å²) in [6.45, 7) is -0.157. The number of hydrogen-bond acceptors (Lipinski definition) is 5. The smallest absolute Gasteiger partial charge is 0.280 e. The van der Waals surface area contributed by atoms with E-state index in [1.807, 2.05) is 12.1 Å². The van der Waals surface area contributed by atoms with Crippen molar-refractivity contribution in [2.24, 2.45) is 0 Å². The van der Waals surface area contributed by atoms with Crippen LogP contribution in [0.1, 0.15) is 16.9 Å². The molecule has 20 heavy (non-hydrogen) atoms. The van der Waals surface area contributed by atoms with Crippen molar-refractivity contribution in [2.45, 2.75) is 19.4 Å². The number of thiazole rings is 1. The summed E-state index contributed by atoms with van der Waals surface area (Å²) in [6.07, 6.45) is 1.17. The maximum absolute atomic E-state index is 11.3. The number of aromatic nitrogens is 1. The zero-order chi connectivity index (χ0) is 14.1. The number of nitrogens with zero attached hydrogens (tertiary/aromatic N) is 1. The minimum absolute atomic E-state index is 0.0328. The number of anilines is 1. The van der Waals surface area contributed by atoms with Crippen LogP contribution in [0.15, 0.2) is 18.2 Å². The van der Waals surface area contributed by atoms with E-state index in [-0.39, 0.29) is 17.7 Å². The molecule has 0 bridgehead atoms. The van der Waals surface area contributed by atoms with Crippen LogP contribution in [0.3, 0.4) is 0 Å². The number of carbonyl (C=O) groups is 1. The number of benzene rings is 1. The molecule has 0 radical (unpaired) electrons. The number of aliphatic hydroxyl groups is 1. The highest BCUT2D eigenvalue weighted by molar-refractivity contribution is 7.13. The summed E-state index contributed by atoms with van der Waals surface area (Å²) in [5.41, 5.74) is 1.86. The average Bonchev–Trinajstić information content (AvgIpc) is 2.79. The lowest BCUT2D eigenvalue weighted by Crippen LogP contribution is -2.18. The van der Waals surface area contributed by atoms with Gasteiger partial charge < -0.3 is 15.2 Å². The highest BCUT2D eigenvalue weighted by atomic mass is 35.5. The van der Waals surface area contributed by atoms with E-state index < -0.39 is 0 Å². The van der Waals surface area contributed by atoms with E-state index in [9.17, 15) is 4.79 Å². The molecule has 1 aromatic carbocycles. The van der Waals surface area contributed by atoms with Gasteiger partial charge in [-0.05, 0) is 30.2 Å². The van der Waals surface area contributed by atoms with Crippen molar-refractivity contribution in [3.05, 3.63) is 33.8 Å².